The third-order valence-electron chi connectivity index (χ3n) is 8.50. The molecule has 1 spiro atoms. The Balaban J connectivity index is 1.34. The van der Waals surface area contributed by atoms with Crippen molar-refractivity contribution in [2.45, 2.75) is 62.4 Å². The van der Waals surface area contributed by atoms with Crippen LogP contribution in [0.4, 0.5) is 5.69 Å². The smallest absolute Gasteiger partial charge is 0.246 e. The number of benzene rings is 2. The van der Waals surface area contributed by atoms with Crippen LogP contribution in [-0.4, -0.2) is 53.5 Å². The van der Waals surface area contributed by atoms with Crippen LogP contribution in [0, 0.1) is 11.8 Å². The van der Waals surface area contributed by atoms with E-state index in [1.807, 2.05) is 36.4 Å². The van der Waals surface area contributed by atoms with Gasteiger partial charge < -0.3 is 25.0 Å². The van der Waals surface area contributed by atoms with Crippen LogP contribution >= 0.6 is 11.6 Å². The summed E-state index contributed by atoms with van der Waals surface area (Å²) in [5, 5.41) is 6.61. The summed E-state index contributed by atoms with van der Waals surface area (Å²) in [5.74, 6) is -1.84. The normalized spacial score (nSPS) is 29.4. The molecule has 2 saturated heterocycles. The summed E-state index contributed by atoms with van der Waals surface area (Å²) in [6.07, 6.45) is 8.18. The second kappa shape index (κ2) is 10.3. The number of halogens is 1. The second-order valence-electron chi connectivity index (χ2n) is 10.8. The zero-order valence-electron chi connectivity index (χ0n) is 21.8. The minimum Gasteiger partial charge on any atom is -0.496 e. The highest BCUT2D eigenvalue weighted by molar-refractivity contribution is 6.30. The van der Waals surface area contributed by atoms with Crippen molar-refractivity contribution >= 4 is 35.0 Å². The molecule has 3 fully saturated rings. The number of carbonyl (C=O) groups excluding carboxylic acids is 3. The van der Waals surface area contributed by atoms with Gasteiger partial charge in [0.05, 0.1) is 31.6 Å². The average Bonchev–Trinajstić information content (AvgIpc) is 3.57. The average molecular weight is 550 g/mol. The van der Waals surface area contributed by atoms with Crippen LogP contribution in [0.3, 0.4) is 0 Å². The highest BCUT2D eigenvalue weighted by Crippen LogP contribution is 2.55. The first-order valence-corrected chi connectivity index (χ1v) is 14.0. The van der Waals surface area contributed by atoms with E-state index in [1.165, 1.54) is 0 Å². The molecular formula is C30H32ClN3O5. The Morgan fingerprint density at radius 3 is 2.67 bits per heavy atom. The molecule has 9 heteroatoms. The molecule has 39 heavy (non-hydrogen) atoms. The topological polar surface area (TPSA) is 97.0 Å². The molecule has 2 bridgehead atoms. The number of fused-ring (bicyclic) bond motifs is 1. The van der Waals surface area contributed by atoms with Gasteiger partial charge in [-0.15, -0.1) is 0 Å². The number of rotatable bonds is 7. The summed E-state index contributed by atoms with van der Waals surface area (Å²) in [5.41, 5.74) is 0.0913. The van der Waals surface area contributed by atoms with Crippen molar-refractivity contribution < 1.29 is 23.9 Å². The molecule has 204 valence electrons. The number of carbonyl (C=O) groups is 3. The maximum Gasteiger partial charge on any atom is 0.246 e. The Bertz CT molecular complexity index is 1330. The Kier molecular flexibility index (Phi) is 6.85. The van der Waals surface area contributed by atoms with E-state index in [1.54, 1.807) is 36.3 Å². The van der Waals surface area contributed by atoms with E-state index >= 15 is 0 Å². The van der Waals surface area contributed by atoms with Gasteiger partial charge >= 0.3 is 0 Å². The molecule has 3 amide bonds. The maximum atomic E-state index is 14.2. The van der Waals surface area contributed by atoms with E-state index in [9.17, 15) is 14.4 Å². The van der Waals surface area contributed by atoms with Crippen LogP contribution in [0.2, 0.25) is 5.02 Å². The number of nitrogens with one attached hydrogen (secondary N) is 2. The van der Waals surface area contributed by atoms with E-state index in [4.69, 9.17) is 21.1 Å². The first-order chi connectivity index (χ1) is 18.9. The molecule has 8 nitrogen and oxygen atoms in total. The predicted octanol–water partition coefficient (Wildman–Crippen LogP) is 4.09. The van der Waals surface area contributed by atoms with E-state index in [0.717, 1.165) is 37.7 Å². The predicted molar refractivity (Wildman–Crippen MR) is 146 cm³/mol. The molecule has 1 aliphatic carbocycles. The SMILES string of the molecule is COc1ccccc1CN1C(=O)[C@H]2[C@H](C(=O)Nc3cccc(Cl)c3)[C@H]3C=C[C@@]2(O3)[C@@H]1C(=O)NC1CCCCC1. The lowest BCUT2D eigenvalue weighted by molar-refractivity contribution is -0.142. The van der Waals surface area contributed by atoms with E-state index in [2.05, 4.69) is 10.6 Å². The lowest BCUT2D eigenvalue weighted by Crippen LogP contribution is -2.56. The molecule has 2 aromatic rings. The van der Waals surface area contributed by atoms with Gasteiger partial charge in [-0.3, -0.25) is 14.4 Å². The quantitative estimate of drug-likeness (QED) is 0.507. The van der Waals surface area contributed by atoms with Gasteiger partial charge in [0, 0.05) is 22.3 Å². The number of likely N-dealkylation sites (tertiary alicyclic amines) is 1. The molecule has 2 aromatic carbocycles. The molecule has 4 aliphatic rings. The van der Waals surface area contributed by atoms with E-state index in [-0.39, 0.29) is 30.3 Å². The molecule has 0 radical (unpaired) electrons. The Hall–Kier alpha value is -3.36. The largest absolute Gasteiger partial charge is 0.496 e. The fourth-order valence-electron chi connectivity index (χ4n) is 6.77. The lowest BCUT2D eigenvalue weighted by atomic mass is 9.74. The van der Waals surface area contributed by atoms with Crippen LogP contribution in [0.1, 0.15) is 37.7 Å². The van der Waals surface area contributed by atoms with Crippen molar-refractivity contribution in [1.82, 2.24) is 10.2 Å². The van der Waals surface area contributed by atoms with Crippen molar-refractivity contribution in [3.05, 3.63) is 71.3 Å². The van der Waals surface area contributed by atoms with E-state index in [0.29, 0.717) is 16.5 Å². The number of ether oxygens (including phenoxy) is 2. The molecule has 1 saturated carbocycles. The Morgan fingerprint density at radius 2 is 1.90 bits per heavy atom. The van der Waals surface area contributed by atoms with Crippen molar-refractivity contribution in [3.63, 3.8) is 0 Å². The molecule has 5 atom stereocenters. The summed E-state index contributed by atoms with van der Waals surface area (Å²) in [4.78, 5) is 43.3. The van der Waals surface area contributed by atoms with Gasteiger partial charge in [0.15, 0.2) is 0 Å². The van der Waals surface area contributed by atoms with Crippen LogP contribution in [0.15, 0.2) is 60.7 Å². The maximum absolute atomic E-state index is 14.2. The zero-order valence-corrected chi connectivity index (χ0v) is 22.5. The minimum atomic E-state index is -1.22. The highest BCUT2D eigenvalue weighted by atomic mass is 35.5. The summed E-state index contributed by atoms with van der Waals surface area (Å²) < 4.78 is 12.0. The van der Waals surface area contributed by atoms with Gasteiger partial charge in [-0.2, -0.15) is 0 Å². The van der Waals surface area contributed by atoms with Crippen LogP contribution in [0.5, 0.6) is 5.75 Å². The third kappa shape index (κ3) is 4.49. The number of para-hydroxylation sites is 1. The van der Waals surface area contributed by atoms with Gasteiger partial charge in [0.2, 0.25) is 17.7 Å². The monoisotopic (exact) mass is 549 g/mol. The fourth-order valence-corrected chi connectivity index (χ4v) is 6.96. The number of nitrogens with zero attached hydrogens (tertiary/aromatic N) is 1. The summed E-state index contributed by atoms with van der Waals surface area (Å²) in [7, 11) is 1.58. The lowest BCUT2D eigenvalue weighted by Gasteiger charge is -2.34. The van der Waals surface area contributed by atoms with Crippen LogP contribution in [-0.2, 0) is 25.7 Å². The van der Waals surface area contributed by atoms with Crippen molar-refractivity contribution in [2.24, 2.45) is 11.8 Å². The number of hydrogen-bond acceptors (Lipinski definition) is 5. The molecule has 2 N–H and O–H groups in total. The molecule has 0 aromatic heterocycles. The first-order valence-electron chi connectivity index (χ1n) is 13.6. The summed E-state index contributed by atoms with van der Waals surface area (Å²) in [6.45, 7) is 0.161. The molecule has 3 aliphatic heterocycles. The molecular weight excluding hydrogens is 518 g/mol. The molecule has 0 unspecified atom stereocenters. The van der Waals surface area contributed by atoms with Gasteiger partial charge in [-0.25, -0.2) is 0 Å². The Morgan fingerprint density at radius 1 is 1.10 bits per heavy atom. The fraction of sp³-hybridized carbons (Fsp3) is 0.433. The van der Waals surface area contributed by atoms with Gasteiger partial charge in [-0.05, 0) is 37.1 Å². The van der Waals surface area contributed by atoms with Crippen LogP contribution < -0.4 is 15.4 Å². The van der Waals surface area contributed by atoms with Gasteiger partial charge in [0.25, 0.3) is 0 Å². The summed E-state index contributed by atoms with van der Waals surface area (Å²) in [6, 6.07) is 13.5. The minimum absolute atomic E-state index is 0.0643. The number of methoxy groups -OCH3 is 1. The van der Waals surface area contributed by atoms with Crippen molar-refractivity contribution in [2.75, 3.05) is 12.4 Å². The Labute approximate surface area is 232 Å². The van der Waals surface area contributed by atoms with Gasteiger partial charge in [0.1, 0.15) is 17.4 Å². The van der Waals surface area contributed by atoms with E-state index < -0.39 is 29.6 Å². The third-order valence-corrected chi connectivity index (χ3v) is 8.74. The second-order valence-corrected chi connectivity index (χ2v) is 11.3. The number of amides is 3. The van der Waals surface area contributed by atoms with Crippen molar-refractivity contribution in [3.8, 4) is 5.75 Å². The standard InChI is InChI=1S/C30H32ClN3O5/c1-38-22-13-6-5-8-18(22)17-34-26(28(36)32-20-10-3-2-4-11-20)30-15-14-23(39-30)24(25(30)29(34)37)27(35)33-21-12-7-9-19(31)16-21/h5-9,12-16,20,23-26H,2-4,10-11,17H2,1H3,(H,32,36)(H,33,35)/t23-,24-,25-,26+,30+/m1/s1. The highest BCUT2D eigenvalue weighted by Gasteiger charge is 2.72. The summed E-state index contributed by atoms with van der Waals surface area (Å²) >= 11 is 6.11. The van der Waals surface area contributed by atoms with Crippen molar-refractivity contribution in [1.29, 1.82) is 0 Å². The first kappa shape index (κ1) is 25.9. The molecule has 3 heterocycles. The van der Waals surface area contributed by atoms with Gasteiger partial charge in [-0.1, -0.05) is 67.3 Å². The number of hydrogen-bond donors (Lipinski definition) is 2. The molecule has 6 rings (SSSR count). The number of anilines is 1. The van der Waals surface area contributed by atoms with Crippen LogP contribution in [0.25, 0.3) is 0 Å². The zero-order chi connectivity index (χ0) is 27.1.